The van der Waals surface area contributed by atoms with Crippen LogP contribution in [-0.2, 0) is 4.79 Å². The second-order valence-corrected chi connectivity index (χ2v) is 6.31. The van der Waals surface area contributed by atoms with E-state index in [0.717, 1.165) is 45.3 Å². The molecule has 0 bridgehead atoms. The van der Waals surface area contributed by atoms with Crippen molar-refractivity contribution in [2.75, 3.05) is 26.2 Å². The fourth-order valence-corrected chi connectivity index (χ4v) is 3.32. The van der Waals surface area contributed by atoms with Crippen LogP contribution >= 0.6 is 0 Å². The zero-order valence-electron chi connectivity index (χ0n) is 12.1. The molecule has 1 saturated carbocycles. The van der Waals surface area contributed by atoms with Crippen molar-refractivity contribution in [3.63, 3.8) is 0 Å². The van der Waals surface area contributed by atoms with Crippen LogP contribution in [0.5, 0.6) is 0 Å². The molecule has 2 atom stereocenters. The molecular weight excluding hydrogens is 242 g/mol. The summed E-state index contributed by atoms with van der Waals surface area (Å²) in [7, 11) is 0. The zero-order chi connectivity index (χ0) is 14.0. The topological polar surface area (TPSA) is 69.8 Å². The molecule has 1 saturated heterocycles. The Hall–Kier alpha value is -0.650. The van der Waals surface area contributed by atoms with Crippen molar-refractivity contribution in [1.29, 1.82) is 0 Å². The summed E-state index contributed by atoms with van der Waals surface area (Å²) in [5.74, 6) is 0.133. The van der Waals surface area contributed by atoms with E-state index in [-0.39, 0.29) is 18.1 Å². The van der Waals surface area contributed by atoms with Crippen molar-refractivity contribution in [1.82, 2.24) is 9.80 Å². The molecular formula is C14H27N3O2. The molecule has 110 valence electrons. The van der Waals surface area contributed by atoms with E-state index in [1.807, 2.05) is 4.90 Å². The number of nitrogens with zero attached hydrogens (tertiary/aromatic N) is 2. The maximum Gasteiger partial charge on any atom is 0.242 e. The van der Waals surface area contributed by atoms with Crippen LogP contribution in [0.3, 0.4) is 0 Å². The minimum absolute atomic E-state index is 0.133. The SMILES string of the molecule is CC(O)CN1CCN(C(=O)C2(N)CCCC2)CC1C. The van der Waals surface area contributed by atoms with E-state index in [9.17, 15) is 9.90 Å². The molecule has 2 unspecified atom stereocenters. The van der Waals surface area contributed by atoms with Crippen molar-refractivity contribution in [2.24, 2.45) is 5.73 Å². The molecule has 2 aliphatic rings. The van der Waals surface area contributed by atoms with E-state index in [4.69, 9.17) is 5.73 Å². The number of aliphatic hydroxyl groups is 1. The standard InChI is InChI=1S/C14H27N3O2/c1-11-9-17(8-7-16(11)10-12(2)18)13(19)14(15)5-3-4-6-14/h11-12,18H,3-10,15H2,1-2H3. The van der Waals surface area contributed by atoms with Crippen molar-refractivity contribution in [2.45, 2.75) is 57.2 Å². The maximum atomic E-state index is 12.5. The summed E-state index contributed by atoms with van der Waals surface area (Å²) in [4.78, 5) is 16.7. The quantitative estimate of drug-likeness (QED) is 0.766. The summed E-state index contributed by atoms with van der Waals surface area (Å²) >= 11 is 0. The fourth-order valence-electron chi connectivity index (χ4n) is 3.32. The van der Waals surface area contributed by atoms with E-state index in [1.54, 1.807) is 6.92 Å². The normalized spacial score (nSPS) is 29.5. The van der Waals surface area contributed by atoms with Crippen LogP contribution in [0.4, 0.5) is 0 Å². The average molecular weight is 269 g/mol. The van der Waals surface area contributed by atoms with E-state index in [0.29, 0.717) is 6.54 Å². The van der Waals surface area contributed by atoms with Gasteiger partial charge in [-0.2, -0.15) is 0 Å². The Labute approximate surface area is 115 Å². The van der Waals surface area contributed by atoms with Crippen LogP contribution in [0.25, 0.3) is 0 Å². The van der Waals surface area contributed by atoms with Gasteiger partial charge in [0.1, 0.15) is 0 Å². The lowest BCUT2D eigenvalue weighted by Gasteiger charge is -2.42. The number of aliphatic hydroxyl groups excluding tert-OH is 1. The summed E-state index contributed by atoms with van der Waals surface area (Å²) in [6.45, 7) is 6.88. The van der Waals surface area contributed by atoms with Crippen molar-refractivity contribution in [3.05, 3.63) is 0 Å². The van der Waals surface area contributed by atoms with Crippen LogP contribution in [0.1, 0.15) is 39.5 Å². The first-order valence-corrected chi connectivity index (χ1v) is 7.43. The molecule has 0 aromatic rings. The van der Waals surface area contributed by atoms with Crippen LogP contribution in [-0.4, -0.2) is 64.7 Å². The van der Waals surface area contributed by atoms with Gasteiger partial charge in [-0.1, -0.05) is 12.8 Å². The molecule has 0 spiro atoms. The first-order valence-electron chi connectivity index (χ1n) is 7.43. The Kier molecular flexibility index (Phi) is 4.48. The Morgan fingerprint density at radius 3 is 2.58 bits per heavy atom. The Morgan fingerprint density at radius 2 is 2.05 bits per heavy atom. The monoisotopic (exact) mass is 269 g/mol. The Morgan fingerprint density at radius 1 is 1.42 bits per heavy atom. The van der Waals surface area contributed by atoms with Crippen LogP contribution in [0.2, 0.25) is 0 Å². The molecule has 5 heteroatoms. The van der Waals surface area contributed by atoms with Gasteiger partial charge in [0.05, 0.1) is 11.6 Å². The minimum Gasteiger partial charge on any atom is -0.392 e. The van der Waals surface area contributed by atoms with Crippen LogP contribution in [0.15, 0.2) is 0 Å². The van der Waals surface area contributed by atoms with Gasteiger partial charge in [0.2, 0.25) is 5.91 Å². The second kappa shape index (κ2) is 5.77. The van der Waals surface area contributed by atoms with Crippen molar-refractivity contribution < 1.29 is 9.90 Å². The van der Waals surface area contributed by atoms with Crippen LogP contribution < -0.4 is 5.73 Å². The van der Waals surface area contributed by atoms with E-state index in [2.05, 4.69) is 11.8 Å². The van der Waals surface area contributed by atoms with Crippen molar-refractivity contribution >= 4 is 5.91 Å². The number of hydrogen-bond donors (Lipinski definition) is 2. The Balaban J connectivity index is 1.92. The number of piperazine rings is 1. The van der Waals surface area contributed by atoms with Gasteiger partial charge in [-0.25, -0.2) is 0 Å². The highest BCUT2D eigenvalue weighted by atomic mass is 16.3. The summed E-state index contributed by atoms with van der Waals surface area (Å²) in [5, 5.41) is 9.47. The minimum atomic E-state index is -0.605. The molecule has 1 aliphatic carbocycles. The molecule has 2 fully saturated rings. The number of nitrogens with two attached hydrogens (primary N) is 1. The lowest BCUT2D eigenvalue weighted by Crippen LogP contribution is -2.61. The predicted molar refractivity (Wildman–Crippen MR) is 74.7 cm³/mol. The van der Waals surface area contributed by atoms with Crippen molar-refractivity contribution in [3.8, 4) is 0 Å². The van der Waals surface area contributed by atoms with Crippen LogP contribution in [0, 0.1) is 0 Å². The van der Waals surface area contributed by atoms with Gasteiger partial charge in [-0.05, 0) is 26.7 Å². The molecule has 0 radical (unpaired) electrons. The molecule has 2 rings (SSSR count). The van der Waals surface area contributed by atoms with Gasteiger partial charge >= 0.3 is 0 Å². The first kappa shape index (κ1) is 14.8. The molecule has 5 nitrogen and oxygen atoms in total. The third-order valence-corrected chi connectivity index (χ3v) is 4.47. The average Bonchev–Trinajstić information content (AvgIpc) is 2.78. The third-order valence-electron chi connectivity index (χ3n) is 4.47. The van der Waals surface area contributed by atoms with E-state index in [1.165, 1.54) is 0 Å². The highest BCUT2D eigenvalue weighted by Gasteiger charge is 2.41. The maximum absolute atomic E-state index is 12.5. The largest absolute Gasteiger partial charge is 0.392 e. The second-order valence-electron chi connectivity index (χ2n) is 6.31. The number of rotatable bonds is 3. The zero-order valence-corrected chi connectivity index (χ0v) is 12.1. The highest BCUT2D eigenvalue weighted by Crippen LogP contribution is 2.29. The van der Waals surface area contributed by atoms with Gasteiger partial charge in [0.15, 0.2) is 0 Å². The summed E-state index contributed by atoms with van der Waals surface area (Å²) < 4.78 is 0. The molecule has 19 heavy (non-hydrogen) atoms. The van der Waals surface area contributed by atoms with Gasteiger partial charge in [-0.3, -0.25) is 9.69 Å². The predicted octanol–water partition coefficient (Wildman–Crippen LogP) is 0.171. The van der Waals surface area contributed by atoms with Gasteiger partial charge in [0.25, 0.3) is 0 Å². The lowest BCUT2D eigenvalue weighted by atomic mass is 9.96. The van der Waals surface area contributed by atoms with E-state index >= 15 is 0 Å². The summed E-state index contributed by atoms with van der Waals surface area (Å²) in [6, 6.07) is 0.289. The van der Waals surface area contributed by atoms with Gasteiger partial charge in [0, 0.05) is 32.2 Å². The molecule has 0 aromatic carbocycles. The number of β-amino-alcohol motifs (C(OH)–C–C–N with tert-alkyl or cyclic N) is 1. The molecule has 1 amide bonds. The molecule has 3 N–H and O–H groups in total. The smallest absolute Gasteiger partial charge is 0.242 e. The van der Waals surface area contributed by atoms with Gasteiger partial charge in [-0.15, -0.1) is 0 Å². The molecule has 1 aliphatic heterocycles. The number of carbonyl (C=O) groups is 1. The Bertz CT molecular complexity index is 327. The summed E-state index contributed by atoms with van der Waals surface area (Å²) in [6.07, 6.45) is 3.47. The summed E-state index contributed by atoms with van der Waals surface area (Å²) in [5.41, 5.74) is 5.64. The highest BCUT2D eigenvalue weighted by molar-refractivity contribution is 5.86. The molecule has 1 heterocycles. The number of amides is 1. The fraction of sp³-hybridized carbons (Fsp3) is 0.929. The first-order chi connectivity index (χ1) is 8.92. The third kappa shape index (κ3) is 3.27. The lowest BCUT2D eigenvalue weighted by molar-refractivity contribution is -0.140. The van der Waals surface area contributed by atoms with Gasteiger partial charge < -0.3 is 15.7 Å². The number of carbonyl (C=O) groups excluding carboxylic acids is 1. The van der Waals surface area contributed by atoms with E-state index < -0.39 is 5.54 Å². The molecule has 0 aromatic heterocycles. The number of hydrogen-bond acceptors (Lipinski definition) is 4.